The van der Waals surface area contributed by atoms with E-state index in [-0.39, 0.29) is 10.7 Å². The highest BCUT2D eigenvalue weighted by molar-refractivity contribution is 7.92. The molecular weight excluding hydrogens is 310 g/mol. The Balaban J connectivity index is 1.89. The monoisotopic (exact) mass is 329 g/mol. The SMILES string of the molecule is CC(=O)c1cccc(S(=O)(=O)Nc2ccc3c(c2)CCCC3)c1. The van der Waals surface area contributed by atoms with Crippen LogP contribution in [0.2, 0.25) is 0 Å². The van der Waals surface area contributed by atoms with Gasteiger partial charge in [-0.2, -0.15) is 0 Å². The van der Waals surface area contributed by atoms with Gasteiger partial charge in [0.25, 0.3) is 10.0 Å². The first-order chi connectivity index (χ1) is 11.0. The van der Waals surface area contributed by atoms with Crippen molar-refractivity contribution >= 4 is 21.5 Å². The fraction of sp³-hybridized carbons (Fsp3) is 0.278. The van der Waals surface area contributed by atoms with Gasteiger partial charge in [-0.3, -0.25) is 9.52 Å². The summed E-state index contributed by atoms with van der Waals surface area (Å²) in [5.74, 6) is -0.157. The summed E-state index contributed by atoms with van der Waals surface area (Å²) in [5, 5.41) is 0. The Labute approximate surface area is 136 Å². The fourth-order valence-corrected chi connectivity index (χ4v) is 3.99. The lowest BCUT2D eigenvalue weighted by Crippen LogP contribution is -2.14. The molecule has 0 atom stereocenters. The number of sulfonamides is 1. The predicted octanol–water partition coefficient (Wildman–Crippen LogP) is 3.57. The molecule has 0 aromatic heterocycles. The summed E-state index contributed by atoms with van der Waals surface area (Å²) < 4.78 is 27.7. The summed E-state index contributed by atoms with van der Waals surface area (Å²) >= 11 is 0. The molecule has 2 aromatic rings. The molecule has 0 heterocycles. The molecule has 0 spiro atoms. The van der Waals surface area contributed by atoms with E-state index >= 15 is 0 Å². The molecule has 1 N–H and O–H groups in total. The second kappa shape index (κ2) is 6.16. The number of carbonyl (C=O) groups excluding carboxylic acids is 1. The van der Waals surface area contributed by atoms with Gasteiger partial charge in [0.05, 0.1) is 4.90 Å². The maximum atomic E-state index is 12.5. The summed E-state index contributed by atoms with van der Waals surface area (Å²) in [4.78, 5) is 11.5. The number of nitrogens with one attached hydrogen (secondary N) is 1. The summed E-state index contributed by atoms with van der Waals surface area (Å²) in [6.45, 7) is 1.42. The average molecular weight is 329 g/mol. The molecule has 2 aromatic carbocycles. The molecule has 0 amide bonds. The number of Topliss-reactive ketones (excluding diaryl/α,β-unsaturated/α-hetero) is 1. The third-order valence-corrected chi connectivity index (χ3v) is 5.53. The van der Waals surface area contributed by atoms with E-state index in [1.165, 1.54) is 36.6 Å². The molecule has 4 nitrogen and oxygen atoms in total. The summed E-state index contributed by atoms with van der Waals surface area (Å²) in [6.07, 6.45) is 4.38. The average Bonchev–Trinajstić information content (AvgIpc) is 2.54. The smallest absolute Gasteiger partial charge is 0.261 e. The van der Waals surface area contributed by atoms with Crippen molar-refractivity contribution in [2.24, 2.45) is 0 Å². The lowest BCUT2D eigenvalue weighted by molar-refractivity contribution is 0.101. The van der Waals surface area contributed by atoms with E-state index in [2.05, 4.69) is 4.72 Å². The van der Waals surface area contributed by atoms with Crippen molar-refractivity contribution in [3.8, 4) is 0 Å². The zero-order chi connectivity index (χ0) is 16.4. The highest BCUT2D eigenvalue weighted by atomic mass is 32.2. The van der Waals surface area contributed by atoms with Gasteiger partial charge in [0.15, 0.2) is 5.78 Å². The van der Waals surface area contributed by atoms with Gasteiger partial charge in [-0.15, -0.1) is 0 Å². The van der Waals surface area contributed by atoms with E-state index in [0.29, 0.717) is 11.3 Å². The Morgan fingerprint density at radius 1 is 1.00 bits per heavy atom. The molecule has 0 saturated carbocycles. The number of carbonyl (C=O) groups is 1. The van der Waals surface area contributed by atoms with Crippen LogP contribution in [-0.2, 0) is 22.9 Å². The molecule has 0 saturated heterocycles. The van der Waals surface area contributed by atoms with E-state index in [1.54, 1.807) is 18.2 Å². The van der Waals surface area contributed by atoms with Gasteiger partial charge < -0.3 is 0 Å². The van der Waals surface area contributed by atoms with Crippen molar-refractivity contribution < 1.29 is 13.2 Å². The maximum absolute atomic E-state index is 12.5. The summed E-state index contributed by atoms with van der Waals surface area (Å²) in [7, 11) is -3.70. The molecule has 5 heteroatoms. The van der Waals surface area contributed by atoms with Gasteiger partial charge in [0.2, 0.25) is 0 Å². The molecule has 0 aliphatic heterocycles. The quantitative estimate of drug-likeness (QED) is 0.872. The predicted molar refractivity (Wildman–Crippen MR) is 90.3 cm³/mol. The summed E-state index contributed by atoms with van der Waals surface area (Å²) in [5.41, 5.74) is 3.48. The lowest BCUT2D eigenvalue weighted by Gasteiger charge is -2.17. The number of aryl methyl sites for hydroxylation is 2. The van der Waals surface area contributed by atoms with Gasteiger partial charge in [-0.1, -0.05) is 18.2 Å². The molecule has 1 aliphatic carbocycles. The van der Waals surface area contributed by atoms with E-state index in [0.717, 1.165) is 19.3 Å². The number of rotatable bonds is 4. The van der Waals surface area contributed by atoms with Crippen LogP contribution in [0.25, 0.3) is 0 Å². The number of hydrogen-bond donors (Lipinski definition) is 1. The number of benzene rings is 2. The topological polar surface area (TPSA) is 63.2 Å². The van der Waals surface area contributed by atoms with Crippen LogP contribution in [0, 0.1) is 0 Å². The van der Waals surface area contributed by atoms with Gasteiger partial charge in [0, 0.05) is 11.3 Å². The molecule has 0 unspecified atom stereocenters. The third-order valence-electron chi connectivity index (χ3n) is 4.15. The third kappa shape index (κ3) is 3.45. The van der Waals surface area contributed by atoms with Gasteiger partial charge >= 0.3 is 0 Å². The lowest BCUT2D eigenvalue weighted by atomic mass is 9.91. The molecule has 0 bridgehead atoms. The van der Waals surface area contributed by atoms with Crippen molar-refractivity contribution in [1.82, 2.24) is 0 Å². The largest absolute Gasteiger partial charge is 0.295 e. The second-order valence-corrected chi connectivity index (χ2v) is 7.56. The van der Waals surface area contributed by atoms with Crippen LogP contribution in [-0.4, -0.2) is 14.2 Å². The molecular formula is C18H19NO3S. The van der Waals surface area contributed by atoms with Crippen LogP contribution >= 0.6 is 0 Å². The summed E-state index contributed by atoms with van der Waals surface area (Å²) in [6, 6.07) is 11.8. The van der Waals surface area contributed by atoms with Crippen LogP contribution in [0.5, 0.6) is 0 Å². The molecule has 1 aliphatic rings. The molecule has 3 rings (SSSR count). The number of ketones is 1. The minimum atomic E-state index is -3.70. The number of fused-ring (bicyclic) bond motifs is 1. The first kappa shape index (κ1) is 15.7. The number of hydrogen-bond acceptors (Lipinski definition) is 3. The van der Waals surface area contributed by atoms with E-state index in [4.69, 9.17) is 0 Å². The van der Waals surface area contributed by atoms with Gasteiger partial charge in [0.1, 0.15) is 0 Å². The first-order valence-electron chi connectivity index (χ1n) is 7.71. The standard InChI is InChI=1S/C18H19NO3S/c1-13(20)15-7-4-8-18(12-15)23(21,22)19-17-10-9-14-5-2-3-6-16(14)11-17/h4,7-12,19H,2-3,5-6H2,1H3. The minimum absolute atomic E-state index is 0.0999. The van der Waals surface area contributed by atoms with Crippen LogP contribution in [0.4, 0.5) is 5.69 Å². The van der Waals surface area contributed by atoms with E-state index in [1.807, 2.05) is 12.1 Å². The maximum Gasteiger partial charge on any atom is 0.261 e. The van der Waals surface area contributed by atoms with Crippen molar-refractivity contribution in [3.05, 3.63) is 59.2 Å². The Morgan fingerprint density at radius 2 is 1.74 bits per heavy atom. The van der Waals surface area contributed by atoms with Crippen molar-refractivity contribution in [2.45, 2.75) is 37.5 Å². The van der Waals surface area contributed by atoms with E-state index in [9.17, 15) is 13.2 Å². The Kier molecular flexibility index (Phi) is 4.22. The van der Waals surface area contributed by atoms with Crippen LogP contribution in [0.15, 0.2) is 47.4 Å². The normalized spacial score (nSPS) is 14.1. The van der Waals surface area contributed by atoms with Crippen LogP contribution in [0.3, 0.4) is 0 Å². The van der Waals surface area contributed by atoms with Crippen molar-refractivity contribution in [3.63, 3.8) is 0 Å². The minimum Gasteiger partial charge on any atom is -0.295 e. The molecule has 120 valence electrons. The Morgan fingerprint density at radius 3 is 2.48 bits per heavy atom. The van der Waals surface area contributed by atoms with Crippen LogP contribution < -0.4 is 4.72 Å². The molecule has 0 fully saturated rings. The first-order valence-corrected chi connectivity index (χ1v) is 9.20. The fourth-order valence-electron chi connectivity index (χ4n) is 2.89. The molecule has 23 heavy (non-hydrogen) atoms. The highest BCUT2D eigenvalue weighted by Crippen LogP contribution is 2.25. The van der Waals surface area contributed by atoms with Crippen molar-refractivity contribution in [2.75, 3.05) is 4.72 Å². The van der Waals surface area contributed by atoms with Gasteiger partial charge in [-0.05, 0) is 68.0 Å². The van der Waals surface area contributed by atoms with Crippen LogP contribution in [0.1, 0.15) is 41.3 Å². The van der Waals surface area contributed by atoms with E-state index < -0.39 is 10.0 Å². The highest BCUT2D eigenvalue weighted by Gasteiger charge is 2.17. The van der Waals surface area contributed by atoms with Gasteiger partial charge in [-0.25, -0.2) is 8.42 Å². The second-order valence-electron chi connectivity index (χ2n) is 5.88. The van der Waals surface area contributed by atoms with Crippen molar-refractivity contribution in [1.29, 1.82) is 0 Å². The zero-order valence-electron chi connectivity index (χ0n) is 13.0. The number of anilines is 1. The Bertz CT molecular complexity index is 856. The zero-order valence-corrected chi connectivity index (χ0v) is 13.8. The molecule has 0 radical (unpaired) electrons. The Hall–Kier alpha value is -2.14.